The Morgan fingerprint density at radius 2 is 2.00 bits per heavy atom. The highest BCUT2D eigenvalue weighted by Crippen LogP contribution is 2.30. The number of hydrogen-bond donors (Lipinski definition) is 0. The Hall–Kier alpha value is -2.68. The van der Waals surface area contributed by atoms with Crippen molar-refractivity contribution in [3.8, 4) is 17.9 Å². The number of nitriles is 1. The summed E-state index contributed by atoms with van der Waals surface area (Å²) < 4.78 is 36.2. The lowest BCUT2D eigenvalue weighted by atomic mass is 10.1. The minimum absolute atomic E-state index is 0.0583. The normalized spacial score (nSPS) is 10.2. The van der Waals surface area contributed by atoms with Crippen LogP contribution in [-0.2, 0) is 6.61 Å². The van der Waals surface area contributed by atoms with Crippen LogP contribution in [0.3, 0.4) is 0 Å². The van der Waals surface area contributed by atoms with Gasteiger partial charge in [-0.05, 0) is 19.1 Å². The maximum Gasteiger partial charge on any atom is 0.292 e. The summed E-state index contributed by atoms with van der Waals surface area (Å²) in [6.07, 6.45) is -1.20. The molecule has 0 bridgehead atoms. The number of nitrogens with zero attached hydrogens (tertiary/aromatic N) is 2. The van der Waals surface area contributed by atoms with Gasteiger partial charge in [-0.2, -0.15) is 0 Å². The number of ether oxygens (including phenoxy) is 2. The van der Waals surface area contributed by atoms with Gasteiger partial charge in [0.2, 0.25) is 5.88 Å². The van der Waals surface area contributed by atoms with Crippen molar-refractivity contribution in [3.63, 3.8) is 0 Å². The van der Waals surface area contributed by atoms with E-state index in [9.17, 15) is 8.78 Å². The van der Waals surface area contributed by atoms with Crippen molar-refractivity contribution in [1.29, 1.82) is 5.26 Å². The molecule has 0 aliphatic carbocycles. The molecule has 1 aromatic carbocycles. The second kappa shape index (κ2) is 6.66. The lowest BCUT2D eigenvalue weighted by Gasteiger charge is -2.13. The minimum atomic E-state index is -2.68. The number of halogens is 2. The molecule has 0 saturated heterocycles. The molecule has 0 unspecified atom stereocenters. The molecule has 21 heavy (non-hydrogen) atoms. The molecule has 2 aromatic rings. The summed E-state index contributed by atoms with van der Waals surface area (Å²) in [6.45, 7) is 1.64. The van der Waals surface area contributed by atoms with E-state index in [0.717, 1.165) is 5.69 Å². The predicted molar refractivity (Wildman–Crippen MR) is 70.9 cm³/mol. The Kier molecular flexibility index (Phi) is 4.67. The molecule has 2 rings (SSSR count). The number of benzene rings is 1. The molecular formula is C15H12F2N2O2. The van der Waals surface area contributed by atoms with Gasteiger partial charge in [-0.3, -0.25) is 0 Å². The zero-order chi connectivity index (χ0) is 15.2. The third-order valence-electron chi connectivity index (χ3n) is 2.79. The number of pyridine rings is 1. The Morgan fingerprint density at radius 3 is 2.67 bits per heavy atom. The van der Waals surface area contributed by atoms with Crippen LogP contribution >= 0.6 is 0 Å². The average molecular weight is 290 g/mol. The molecule has 1 aromatic heterocycles. The first kappa shape index (κ1) is 14.7. The monoisotopic (exact) mass is 290 g/mol. The van der Waals surface area contributed by atoms with Gasteiger partial charge in [0.05, 0.1) is 0 Å². The summed E-state index contributed by atoms with van der Waals surface area (Å²) in [5.74, 6) is 0.380. The highest BCUT2D eigenvalue weighted by molar-refractivity contribution is 5.41. The minimum Gasteiger partial charge on any atom is -0.473 e. The molecule has 1 heterocycles. The van der Waals surface area contributed by atoms with Crippen molar-refractivity contribution in [3.05, 3.63) is 53.2 Å². The van der Waals surface area contributed by atoms with Crippen LogP contribution in [-0.4, -0.2) is 4.98 Å². The van der Waals surface area contributed by atoms with E-state index in [2.05, 4.69) is 4.98 Å². The van der Waals surface area contributed by atoms with Crippen molar-refractivity contribution in [2.75, 3.05) is 0 Å². The first-order chi connectivity index (χ1) is 10.1. The third kappa shape index (κ3) is 3.66. The second-order valence-corrected chi connectivity index (χ2v) is 4.22. The van der Waals surface area contributed by atoms with Gasteiger partial charge in [0.1, 0.15) is 12.4 Å². The van der Waals surface area contributed by atoms with Gasteiger partial charge in [0.25, 0.3) is 12.7 Å². The van der Waals surface area contributed by atoms with E-state index in [-0.39, 0.29) is 23.5 Å². The first-order valence-corrected chi connectivity index (χ1v) is 6.14. The molecule has 0 spiro atoms. The molecule has 4 nitrogen and oxygen atoms in total. The van der Waals surface area contributed by atoms with Crippen LogP contribution in [0, 0.1) is 18.4 Å². The summed E-state index contributed by atoms with van der Waals surface area (Å²) in [7, 11) is 0. The van der Waals surface area contributed by atoms with Crippen molar-refractivity contribution >= 4 is 0 Å². The van der Waals surface area contributed by atoms with Gasteiger partial charge in [-0.1, -0.05) is 18.2 Å². The standard InChI is InChI=1S/C15H12F2N2O2/c1-10-4-2-7-14(19-10)20-8-12-11(15(16)17)5-3-6-13(12)21-9-18/h2-7,15H,8H2,1H3. The van der Waals surface area contributed by atoms with Gasteiger partial charge in [-0.25, -0.2) is 13.8 Å². The fraction of sp³-hybridized carbons (Fsp3) is 0.200. The van der Waals surface area contributed by atoms with Crippen LogP contribution in [0.5, 0.6) is 11.6 Å². The van der Waals surface area contributed by atoms with E-state index >= 15 is 0 Å². The number of aromatic nitrogens is 1. The topological polar surface area (TPSA) is 55.1 Å². The molecule has 0 fully saturated rings. The quantitative estimate of drug-likeness (QED) is 0.787. The molecule has 0 saturated carbocycles. The zero-order valence-electron chi connectivity index (χ0n) is 11.2. The van der Waals surface area contributed by atoms with Crippen molar-refractivity contribution in [2.45, 2.75) is 20.0 Å². The van der Waals surface area contributed by atoms with Crippen molar-refractivity contribution in [1.82, 2.24) is 4.98 Å². The van der Waals surface area contributed by atoms with Crippen LogP contribution in [0.1, 0.15) is 23.2 Å². The fourth-order valence-corrected chi connectivity index (χ4v) is 1.83. The molecule has 0 radical (unpaired) electrons. The average Bonchev–Trinajstić information content (AvgIpc) is 2.46. The van der Waals surface area contributed by atoms with Crippen molar-refractivity contribution in [2.24, 2.45) is 0 Å². The smallest absolute Gasteiger partial charge is 0.292 e. The van der Waals surface area contributed by atoms with E-state index in [1.54, 1.807) is 25.1 Å². The zero-order valence-corrected chi connectivity index (χ0v) is 11.2. The molecule has 6 heteroatoms. The number of rotatable bonds is 5. The Labute approximate surface area is 120 Å². The Morgan fingerprint density at radius 1 is 1.24 bits per heavy atom. The van der Waals surface area contributed by atoms with E-state index < -0.39 is 6.43 Å². The van der Waals surface area contributed by atoms with Crippen LogP contribution in [0.4, 0.5) is 8.78 Å². The fourth-order valence-electron chi connectivity index (χ4n) is 1.83. The lowest BCUT2D eigenvalue weighted by molar-refractivity contribution is 0.147. The summed E-state index contributed by atoms with van der Waals surface area (Å²) in [5, 5.41) is 8.58. The largest absolute Gasteiger partial charge is 0.473 e. The van der Waals surface area contributed by atoms with Crippen LogP contribution in [0.25, 0.3) is 0 Å². The highest BCUT2D eigenvalue weighted by atomic mass is 19.3. The number of alkyl halides is 2. The van der Waals surface area contributed by atoms with Crippen LogP contribution in [0.15, 0.2) is 36.4 Å². The van der Waals surface area contributed by atoms with E-state index in [1.807, 2.05) is 0 Å². The predicted octanol–water partition coefficient (Wildman–Crippen LogP) is 3.77. The van der Waals surface area contributed by atoms with Gasteiger partial charge < -0.3 is 9.47 Å². The first-order valence-electron chi connectivity index (χ1n) is 6.14. The summed E-state index contributed by atoms with van der Waals surface area (Å²) in [5.41, 5.74) is 0.663. The van der Waals surface area contributed by atoms with Gasteiger partial charge in [-0.15, -0.1) is 5.26 Å². The molecule has 0 aliphatic rings. The van der Waals surface area contributed by atoms with Crippen LogP contribution in [0.2, 0.25) is 0 Å². The van der Waals surface area contributed by atoms with Gasteiger partial charge in [0.15, 0.2) is 0 Å². The van der Waals surface area contributed by atoms with Gasteiger partial charge in [0, 0.05) is 22.9 Å². The molecule has 108 valence electrons. The van der Waals surface area contributed by atoms with E-state index in [0.29, 0.717) is 5.88 Å². The number of hydrogen-bond acceptors (Lipinski definition) is 4. The lowest BCUT2D eigenvalue weighted by Crippen LogP contribution is -2.04. The van der Waals surface area contributed by atoms with Gasteiger partial charge >= 0.3 is 0 Å². The van der Waals surface area contributed by atoms with Crippen LogP contribution < -0.4 is 9.47 Å². The maximum absolute atomic E-state index is 13.0. The summed E-state index contributed by atoms with van der Waals surface area (Å²) in [6, 6.07) is 9.30. The molecular weight excluding hydrogens is 278 g/mol. The molecule has 0 atom stereocenters. The summed E-state index contributed by atoms with van der Waals surface area (Å²) in [4.78, 5) is 4.12. The van der Waals surface area contributed by atoms with E-state index in [1.165, 1.54) is 24.5 Å². The highest BCUT2D eigenvalue weighted by Gasteiger charge is 2.18. The molecule has 0 N–H and O–H groups in total. The van der Waals surface area contributed by atoms with Crippen molar-refractivity contribution < 1.29 is 18.3 Å². The van der Waals surface area contributed by atoms with E-state index in [4.69, 9.17) is 14.7 Å². The molecule has 0 aliphatic heterocycles. The maximum atomic E-state index is 13.0. The third-order valence-corrected chi connectivity index (χ3v) is 2.79. The second-order valence-electron chi connectivity index (χ2n) is 4.22. The number of aryl methyl sites for hydroxylation is 1. The summed E-state index contributed by atoms with van der Waals surface area (Å²) >= 11 is 0. The Balaban J connectivity index is 2.27. The SMILES string of the molecule is Cc1cccc(OCc2c(OC#N)cccc2C(F)F)n1. The Bertz CT molecular complexity index is 669. The molecule has 0 amide bonds.